The molecule has 0 aromatic carbocycles. The largest absolute Gasteiger partial charge is 0.378 e. The van der Waals surface area contributed by atoms with Crippen molar-refractivity contribution in [1.82, 2.24) is 9.88 Å². The van der Waals surface area contributed by atoms with Crippen LogP contribution in [0, 0.1) is 5.41 Å². The third-order valence-corrected chi connectivity index (χ3v) is 6.04. The summed E-state index contributed by atoms with van der Waals surface area (Å²) in [4.78, 5) is 21.5. The molecular formula is C18H29Cl3N4O2. The molecule has 0 bridgehead atoms. The summed E-state index contributed by atoms with van der Waals surface area (Å²) in [7, 11) is 0. The van der Waals surface area contributed by atoms with Gasteiger partial charge in [0.2, 0.25) is 5.91 Å². The van der Waals surface area contributed by atoms with E-state index in [4.69, 9.17) is 22.1 Å². The first-order chi connectivity index (χ1) is 11.8. The first-order valence-corrected chi connectivity index (χ1v) is 9.23. The number of aromatic nitrogens is 1. The van der Waals surface area contributed by atoms with Crippen LogP contribution < -0.4 is 10.6 Å². The maximum absolute atomic E-state index is 13.0. The molecule has 1 amide bonds. The molecule has 2 heterocycles. The molecule has 3 rings (SSSR count). The van der Waals surface area contributed by atoms with Crippen LogP contribution in [-0.4, -0.2) is 60.2 Å². The van der Waals surface area contributed by atoms with E-state index in [9.17, 15) is 4.79 Å². The van der Waals surface area contributed by atoms with Crippen LogP contribution in [0.5, 0.6) is 0 Å². The van der Waals surface area contributed by atoms with Crippen molar-refractivity contribution in [3.63, 3.8) is 0 Å². The van der Waals surface area contributed by atoms with E-state index in [1.165, 1.54) is 0 Å². The lowest BCUT2D eigenvalue weighted by atomic mass is 9.54. The summed E-state index contributed by atoms with van der Waals surface area (Å²) in [6.07, 6.45) is 2.28. The maximum atomic E-state index is 13.0. The van der Waals surface area contributed by atoms with E-state index in [1.807, 2.05) is 37.8 Å². The standard InChI is InChI=1S/C18H27ClN4O2.2ClH/c1-4-25-14-11-18(20,17(14,2)3)16(24)23-9-7-22(8-10-23)15-6-5-13(19)12-21-15;;/h5-6,12,14H,4,7-11,20H2,1-3H3;2*1H. The number of ether oxygens (including phenoxy) is 1. The van der Waals surface area contributed by atoms with Crippen LogP contribution >= 0.6 is 36.4 Å². The van der Waals surface area contributed by atoms with E-state index < -0.39 is 5.54 Å². The molecule has 9 heteroatoms. The highest BCUT2D eigenvalue weighted by atomic mass is 35.5. The summed E-state index contributed by atoms with van der Waals surface area (Å²) in [5.74, 6) is 0.927. The zero-order chi connectivity index (χ0) is 18.2. The van der Waals surface area contributed by atoms with Crippen LogP contribution in [0.2, 0.25) is 5.02 Å². The molecule has 27 heavy (non-hydrogen) atoms. The molecule has 1 saturated carbocycles. The third kappa shape index (κ3) is 4.30. The molecule has 2 aliphatic rings. The minimum Gasteiger partial charge on any atom is -0.378 e. The van der Waals surface area contributed by atoms with Crippen molar-refractivity contribution in [3.05, 3.63) is 23.4 Å². The summed E-state index contributed by atoms with van der Waals surface area (Å²) in [6, 6.07) is 3.74. The lowest BCUT2D eigenvalue weighted by Crippen LogP contribution is -2.76. The van der Waals surface area contributed by atoms with Gasteiger partial charge in [0.25, 0.3) is 0 Å². The Kier molecular flexibility index (Phi) is 8.21. The van der Waals surface area contributed by atoms with Crippen molar-refractivity contribution in [3.8, 4) is 0 Å². The Balaban J connectivity index is 0.00000182. The van der Waals surface area contributed by atoms with Gasteiger partial charge in [0.15, 0.2) is 0 Å². The Bertz CT molecular complexity index is 636. The molecule has 1 aliphatic heterocycles. The number of piperazine rings is 1. The summed E-state index contributed by atoms with van der Waals surface area (Å²) in [5.41, 5.74) is 5.33. The second kappa shape index (κ2) is 9.14. The van der Waals surface area contributed by atoms with E-state index >= 15 is 0 Å². The summed E-state index contributed by atoms with van der Waals surface area (Å²) in [6.45, 7) is 9.46. The van der Waals surface area contributed by atoms with Gasteiger partial charge < -0.3 is 20.3 Å². The quantitative estimate of drug-likeness (QED) is 0.781. The summed E-state index contributed by atoms with van der Waals surface area (Å²) < 4.78 is 5.73. The Morgan fingerprint density at radius 2 is 1.93 bits per heavy atom. The summed E-state index contributed by atoms with van der Waals surface area (Å²) >= 11 is 5.89. The van der Waals surface area contributed by atoms with Gasteiger partial charge in [-0.05, 0) is 19.1 Å². The van der Waals surface area contributed by atoms with E-state index in [2.05, 4.69) is 9.88 Å². The number of anilines is 1. The van der Waals surface area contributed by atoms with E-state index in [0.717, 1.165) is 18.9 Å². The number of carbonyl (C=O) groups excluding carboxylic acids is 1. The highest BCUT2D eigenvalue weighted by Crippen LogP contribution is 2.50. The third-order valence-electron chi connectivity index (χ3n) is 5.81. The Morgan fingerprint density at radius 3 is 2.41 bits per heavy atom. The molecule has 1 aliphatic carbocycles. The van der Waals surface area contributed by atoms with Gasteiger partial charge in [0.1, 0.15) is 11.4 Å². The molecule has 1 saturated heterocycles. The predicted octanol–water partition coefficient (Wildman–Crippen LogP) is 2.76. The number of nitrogens with zero attached hydrogens (tertiary/aromatic N) is 3. The average molecular weight is 440 g/mol. The number of hydrogen-bond donors (Lipinski definition) is 1. The van der Waals surface area contributed by atoms with Crippen LogP contribution in [0.25, 0.3) is 0 Å². The van der Waals surface area contributed by atoms with Crippen LogP contribution in [0.4, 0.5) is 5.82 Å². The fourth-order valence-corrected chi connectivity index (χ4v) is 3.89. The number of rotatable bonds is 4. The van der Waals surface area contributed by atoms with Gasteiger partial charge in [-0.2, -0.15) is 0 Å². The maximum Gasteiger partial charge on any atom is 0.243 e. The number of nitrogens with two attached hydrogens (primary N) is 1. The van der Waals surface area contributed by atoms with Gasteiger partial charge in [0.05, 0.1) is 11.1 Å². The second-order valence-electron chi connectivity index (χ2n) is 7.46. The van der Waals surface area contributed by atoms with Gasteiger partial charge in [-0.1, -0.05) is 25.4 Å². The van der Waals surface area contributed by atoms with Gasteiger partial charge in [-0.15, -0.1) is 24.8 Å². The molecule has 1 aromatic heterocycles. The first-order valence-electron chi connectivity index (χ1n) is 8.86. The molecular weight excluding hydrogens is 411 g/mol. The van der Waals surface area contributed by atoms with Crippen molar-refractivity contribution in [1.29, 1.82) is 0 Å². The number of hydrogen-bond acceptors (Lipinski definition) is 5. The highest BCUT2D eigenvalue weighted by Gasteiger charge is 2.63. The van der Waals surface area contributed by atoms with E-state index in [1.54, 1.807) is 6.20 Å². The number of halogens is 3. The van der Waals surface area contributed by atoms with Gasteiger partial charge in [0, 0.05) is 50.8 Å². The fourth-order valence-electron chi connectivity index (χ4n) is 3.77. The van der Waals surface area contributed by atoms with Crippen LogP contribution in [0.3, 0.4) is 0 Å². The highest BCUT2D eigenvalue weighted by molar-refractivity contribution is 6.30. The molecule has 154 valence electrons. The van der Waals surface area contributed by atoms with Crippen LogP contribution in [0.1, 0.15) is 27.2 Å². The molecule has 2 fully saturated rings. The lowest BCUT2D eigenvalue weighted by molar-refractivity contribution is -0.179. The average Bonchev–Trinajstić information content (AvgIpc) is 2.61. The van der Waals surface area contributed by atoms with Crippen LogP contribution in [0.15, 0.2) is 18.3 Å². The molecule has 2 atom stereocenters. The Hall–Kier alpha value is -0.790. The Morgan fingerprint density at radius 1 is 1.30 bits per heavy atom. The zero-order valence-corrected chi connectivity index (χ0v) is 18.4. The molecule has 2 unspecified atom stereocenters. The summed E-state index contributed by atoms with van der Waals surface area (Å²) in [5, 5.41) is 0.624. The topological polar surface area (TPSA) is 71.7 Å². The molecule has 0 spiro atoms. The Labute approximate surface area is 178 Å². The smallest absolute Gasteiger partial charge is 0.243 e. The second-order valence-corrected chi connectivity index (χ2v) is 7.89. The number of amides is 1. The van der Waals surface area contributed by atoms with E-state index in [0.29, 0.717) is 31.1 Å². The monoisotopic (exact) mass is 438 g/mol. The number of pyridine rings is 1. The van der Waals surface area contributed by atoms with Gasteiger partial charge in [-0.25, -0.2) is 4.98 Å². The molecule has 0 radical (unpaired) electrons. The SMILES string of the molecule is CCOC1CC(N)(C(=O)N2CCN(c3ccc(Cl)cn3)CC2)C1(C)C.Cl.Cl. The minimum atomic E-state index is -0.840. The van der Waals surface area contributed by atoms with Crippen molar-refractivity contribution in [2.75, 3.05) is 37.7 Å². The van der Waals surface area contributed by atoms with Crippen molar-refractivity contribution >= 4 is 48.1 Å². The van der Waals surface area contributed by atoms with Gasteiger partial charge in [-0.3, -0.25) is 4.79 Å². The minimum absolute atomic E-state index is 0. The van der Waals surface area contributed by atoms with Crippen LogP contribution in [-0.2, 0) is 9.53 Å². The fraction of sp³-hybridized carbons (Fsp3) is 0.667. The molecule has 6 nitrogen and oxygen atoms in total. The first kappa shape index (κ1) is 24.2. The van der Waals surface area contributed by atoms with Gasteiger partial charge >= 0.3 is 0 Å². The zero-order valence-electron chi connectivity index (χ0n) is 16.0. The van der Waals surface area contributed by atoms with Crippen molar-refractivity contribution in [2.24, 2.45) is 11.1 Å². The normalized spacial score (nSPS) is 26.5. The molecule has 2 N–H and O–H groups in total. The van der Waals surface area contributed by atoms with Crippen molar-refractivity contribution in [2.45, 2.75) is 38.8 Å². The van der Waals surface area contributed by atoms with Crippen molar-refractivity contribution < 1.29 is 9.53 Å². The van der Waals surface area contributed by atoms with E-state index in [-0.39, 0.29) is 42.2 Å². The molecule has 1 aromatic rings. The number of carbonyl (C=O) groups is 1. The predicted molar refractivity (Wildman–Crippen MR) is 113 cm³/mol. The lowest BCUT2D eigenvalue weighted by Gasteiger charge is -2.59.